The zero-order valence-electron chi connectivity index (χ0n) is 10.4. The Morgan fingerprint density at radius 3 is 1.28 bits per heavy atom. The van der Waals surface area contributed by atoms with Crippen molar-refractivity contribution in [3.63, 3.8) is 0 Å². The summed E-state index contributed by atoms with van der Waals surface area (Å²) in [4.78, 5) is 0. The Kier molecular flexibility index (Phi) is 13.1. The van der Waals surface area contributed by atoms with Crippen LogP contribution in [-0.2, 0) is 20.1 Å². The van der Waals surface area contributed by atoms with Crippen molar-refractivity contribution in [1.29, 1.82) is 0 Å². The normalized spacial score (nSPS) is 14.7. The fourth-order valence-electron chi connectivity index (χ4n) is 1.28. The summed E-state index contributed by atoms with van der Waals surface area (Å²) in [5.74, 6) is 0. The first-order chi connectivity index (χ1) is 8.50. The van der Waals surface area contributed by atoms with Gasteiger partial charge in [-0.15, -0.1) is 6.07 Å². The monoisotopic (exact) mass is 420 g/mol. The van der Waals surface area contributed by atoms with Crippen molar-refractivity contribution in [1.82, 2.24) is 0 Å². The Morgan fingerprint density at radius 1 is 0.722 bits per heavy atom. The quantitative estimate of drug-likeness (QED) is 0.547. The van der Waals surface area contributed by atoms with Gasteiger partial charge in [0.25, 0.3) is 0 Å². The molecule has 2 aliphatic rings. The van der Waals surface area contributed by atoms with Crippen molar-refractivity contribution in [2.24, 2.45) is 0 Å². The predicted molar refractivity (Wildman–Crippen MR) is 72.6 cm³/mol. The van der Waals surface area contributed by atoms with Crippen LogP contribution in [0.1, 0.15) is 25.7 Å². The zero-order chi connectivity index (χ0) is 12.0. The molecule has 18 heavy (non-hydrogen) atoms. The Labute approximate surface area is 123 Å². The Bertz CT molecular complexity index is 293. The molecule has 1 heterocycles. The van der Waals surface area contributed by atoms with Crippen LogP contribution in [0.2, 0.25) is 0 Å². The Hall–Kier alpha value is -1.11. The van der Waals surface area contributed by atoms with E-state index in [-0.39, 0.29) is 20.1 Å². The van der Waals surface area contributed by atoms with Gasteiger partial charge in [0.15, 0.2) is 0 Å². The summed E-state index contributed by atoms with van der Waals surface area (Å²) in [6.45, 7) is 0. The molecule has 0 N–H and O–H groups in total. The molecule has 0 spiro atoms. The Balaban J connectivity index is 0.000000235. The molecule has 0 atom stereocenters. The molecule has 2 heteroatoms. The predicted octanol–water partition coefficient (Wildman–Crippen LogP) is 4.86. The number of hydrogen-bond donors (Lipinski definition) is 0. The van der Waals surface area contributed by atoms with Crippen molar-refractivity contribution >= 4 is 0 Å². The smallest absolute Gasteiger partial charge is 0 e. The minimum Gasteiger partial charge on any atom is -0.599 e. The molecule has 3 rings (SSSR count). The molecule has 0 saturated heterocycles. The molecule has 1 aromatic heterocycles. The second-order valence-corrected chi connectivity index (χ2v) is 3.60. The molecule has 0 amide bonds. The van der Waals surface area contributed by atoms with Crippen LogP contribution in [0.5, 0.6) is 0 Å². The third-order valence-electron chi connectivity index (χ3n) is 2.15. The van der Waals surface area contributed by atoms with Gasteiger partial charge in [0.1, 0.15) is 0 Å². The average Bonchev–Trinajstić information content (AvgIpc) is 3.03. The van der Waals surface area contributed by atoms with E-state index in [1.807, 2.05) is 0 Å². The van der Waals surface area contributed by atoms with Gasteiger partial charge in [0.2, 0.25) is 0 Å². The van der Waals surface area contributed by atoms with Crippen LogP contribution in [0, 0.1) is 6.26 Å². The first-order valence-electron chi connectivity index (χ1n) is 6.03. The van der Waals surface area contributed by atoms with Gasteiger partial charge in [-0.25, -0.2) is 0 Å². The molecule has 1 aromatic rings. The van der Waals surface area contributed by atoms with E-state index in [2.05, 4.69) is 59.3 Å². The van der Waals surface area contributed by atoms with Crippen molar-refractivity contribution in [2.45, 2.75) is 25.7 Å². The molecule has 0 saturated carbocycles. The summed E-state index contributed by atoms with van der Waals surface area (Å²) < 4.78 is 4.46. The average molecular weight is 420 g/mol. The molecular weight excluding hydrogens is 400 g/mol. The van der Waals surface area contributed by atoms with E-state index in [1.54, 1.807) is 18.4 Å². The summed E-state index contributed by atoms with van der Waals surface area (Å²) in [5.41, 5.74) is 0. The topological polar surface area (TPSA) is 13.1 Å². The molecule has 99 valence electrons. The van der Waals surface area contributed by atoms with Gasteiger partial charge in [-0.05, 0) is 31.9 Å². The van der Waals surface area contributed by atoms with Crippen LogP contribution in [0.25, 0.3) is 0 Å². The molecule has 1 nitrogen and oxygen atoms in total. The number of furan rings is 1. The van der Waals surface area contributed by atoms with Gasteiger partial charge in [-0.2, -0.15) is 6.07 Å². The van der Waals surface area contributed by atoms with Crippen LogP contribution in [0.4, 0.5) is 0 Å². The maximum Gasteiger partial charge on any atom is 0 e. The van der Waals surface area contributed by atoms with Crippen molar-refractivity contribution < 1.29 is 24.5 Å². The third-order valence-corrected chi connectivity index (χ3v) is 2.15. The summed E-state index contributed by atoms with van der Waals surface area (Å²) in [6, 6.07) is 3.49. The van der Waals surface area contributed by atoms with E-state index in [1.165, 1.54) is 25.7 Å². The minimum atomic E-state index is 0. The first kappa shape index (κ1) is 16.9. The largest absolute Gasteiger partial charge is 0.599 e. The van der Waals surface area contributed by atoms with E-state index in [0.29, 0.717) is 0 Å². The zero-order valence-corrected chi connectivity index (χ0v) is 12.8. The van der Waals surface area contributed by atoms with E-state index in [9.17, 15) is 0 Å². The number of hydrogen-bond acceptors (Lipinski definition) is 1. The van der Waals surface area contributed by atoms with Crippen molar-refractivity contribution in [2.75, 3.05) is 0 Å². The second-order valence-electron chi connectivity index (χ2n) is 3.60. The summed E-state index contributed by atoms with van der Waals surface area (Å²) in [7, 11) is 0. The summed E-state index contributed by atoms with van der Waals surface area (Å²) in [5, 5.41) is 0. The van der Waals surface area contributed by atoms with Crippen molar-refractivity contribution in [3.05, 3.63) is 73.3 Å². The van der Waals surface area contributed by atoms with Gasteiger partial charge in [0.05, 0.1) is 0 Å². The standard InChI is InChI=1S/2C6H8.C4H3O.Ir/c2*1-2-4-6-5-3-1;1-2-4-5-3-1;/h2*1-4H,5-6H2;1-3H;/q;;-1;. The summed E-state index contributed by atoms with van der Waals surface area (Å²) >= 11 is 0. The van der Waals surface area contributed by atoms with E-state index in [4.69, 9.17) is 0 Å². The fourth-order valence-corrected chi connectivity index (χ4v) is 1.28. The SMILES string of the molecule is C1=CCCC=C1.C1=CCCC=C1.[Ir].[c-]1ccco1. The van der Waals surface area contributed by atoms with Crippen LogP contribution >= 0.6 is 0 Å². The van der Waals surface area contributed by atoms with Crippen LogP contribution in [-0.4, -0.2) is 0 Å². The third kappa shape index (κ3) is 11.4. The van der Waals surface area contributed by atoms with Gasteiger partial charge in [-0.3, -0.25) is 0 Å². The molecular formula is C16H19IrO-. The van der Waals surface area contributed by atoms with Crippen LogP contribution < -0.4 is 0 Å². The van der Waals surface area contributed by atoms with Crippen molar-refractivity contribution in [3.8, 4) is 0 Å². The van der Waals surface area contributed by atoms with Gasteiger partial charge in [0, 0.05) is 20.1 Å². The van der Waals surface area contributed by atoms with E-state index in [0.717, 1.165) is 0 Å². The first-order valence-corrected chi connectivity index (χ1v) is 6.03. The summed E-state index contributed by atoms with van der Waals surface area (Å²) in [6.07, 6.45) is 26.1. The van der Waals surface area contributed by atoms with Gasteiger partial charge in [-0.1, -0.05) is 54.9 Å². The molecule has 0 aliphatic heterocycles. The van der Waals surface area contributed by atoms with Crippen LogP contribution in [0.3, 0.4) is 0 Å². The minimum absolute atomic E-state index is 0. The Morgan fingerprint density at radius 2 is 1.17 bits per heavy atom. The maximum absolute atomic E-state index is 4.46. The number of allylic oxidation sites excluding steroid dienone is 8. The van der Waals surface area contributed by atoms with E-state index < -0.39 is 0 Å². The molecule has 0 bridgehead atoms. The second kappa shape index (κ2) is 14.0. The fraction of sp³-hybridized carbons (Fsp3) is 0.250. The molecule has 0 fully saturated rings. The van der Waals surface area contributed by atoms with Gasteiger partial charge < -0.3 is 4.42 Å². The maximum atomic E-state index is 4.46. The molecule has 0 aromatic carbocycles. The van der Waals surface area contributed by atoms with Gasteiger partial charge >= 0.3 is 0 Å². The molecule has 2 aliphatic carbocycles. The van der Waals surface area contributed by atoms with Crippen LogP contribution in [0.15, 0.2) is 71.4 Å². The van der Waals surface area contributed by atoms with E-state index >= 15 is 0 Å². The molecule has 1 radical (unpaired) electrons. The number of rotatable bonds is 0. The molecule has 0 unspecified atom stereocenters.